The average Bonchev–Trinajstić information content (AvgIpc) is 3.32. The summed E-state index contributed by atoms with van der Waals surface area (Å²) >= 11 is 6.11. The number of halogens is 1. The summed E-state index contributed by atoms with van der Waals surface area (Å²) in [4.78, 5) is 28.4. The van der Waals surface area contributed by atoms with Crippen molar-refractivity contribution in [3.8, 4) is 11.5 Å². The van der Waals surface area contributed by atoms with Crippen LogP contribution in [0.5, 0.6) is 11.5 Å². The third-order valence-electron chi connectivity index (χ3n) is 6.16. The standard InChI is InChI=1S/C27H27ClN2O4/c1-33-24-13-7-12-21(25(24)34-2)22-16-30(27(32)19-10-6-11-20(28)14-19)17-23(22)26(31)29-15-18-8-4-3-5-9-18/h3-14,22-23H,15-17H2,1-2H3,(H,29,31). The van der Waals surface area contributed by atoms with Crippen molar-refractivity contribution >= 4 is 23.4 Å². The molecular formula is C27H27ClN2O4. The minimum absolute atomic E-state index is 0.111. The van der Waals surface area contributed by atoms with E-state index in [1.165, 1.54) is 0 Å². The van der Waals surface area contributed by atoms with Gasteiger partial charge in [0.05, 0.1) is 20.1 Å². The van der Waals surface area contributed by atoms with Crippen LogP contribution in [-0.2, 0) is 11.3 Å². The SMILES string of the molecule is COc1cccc(C2CN(C(=O)c3cccc(Cl)c3)CC2C(=O)NCc2ccccc2)c1OC. The Bertz CT molecular complexity index is 1170. The van der Waals surface area contributed by atoms with Gasteiger partial charge in [-0.2, -0.15) is 0 Å². The van der Waals surface area contributed by atoms with Gasteiger partial charge in [0.2, 0.25) is 5.91 Å². The maximum absolute atomic E-state index is 13.4. The molecule has 1 heterocycles. The highest BCUT2D eigenvalue weighted by Gasteiger charge is 2.42. The molecule has 3 aromatic carbocycles. The fraction of sp³-hybridized carbons (Fsp3) is 0.259. The number of rotatable bonds is 7. The lowest BCUT2D eigenvalue weighted by Gasteiger charge is -2.21. The number of carbonyl (C=O) groups is 2. The Morgan fingerprint density at radius 1 is 0.971 bits per heavy atom. The number of para-hydroxylation sites is 1. The summed E-state index contributed by atoms with van der Waals surface area (Å²) in [6, 6.07) is 22.2. The predicted octanol–water partition coefficient (Wildman–Crippen LogP) is 4.53. The molecule has 0 bridgehead atoms. The fourth-order valence-corrected chi connectivity index (χ4v) is 4.66. The Hall–Kier alpha value is -3.51. The van der Waals surface area contributed by atoms with Crippen LogP contribution in [-0.4, -0.2) is 44.0 Å². The van der Waals surface area contributed by atoms with Gasteiger partial charge in [-0.25, -0.2) is 0 Å². The molecule has 2 unspecified atom stereocenters. The van der Waals surface area contributed by atoms with Crippen LogP contribution in [0.2, 0.25) is 5.02 Å². The third-order valence-corrected chi connectivity index (χ3v) is 6.39. The first-order chi connectivity index (χ1) is 16.5. The van der Waals surface area contributed by atoms with Crippen LogP contribution in [0.4, 0.5) is 0 Å². The van der Waals surface area contributed by atoms with Gasteiger partial charge in [-0.15, -0.1) is 0 Å². The van der Waals surface area contributed by atoms with Crippen molar-refractivity contribution in [1.82, 2.24) is 10.2 Å². The maximum atomic E-state index is 13.4. The quantitative estimate of drug-likeness (QED) is 0.541. The van der Waals surface area contributed by atoms with E-state index in [4.69, 9.17) is 21.1 Å². The Kier molecular flexibility index (Phi) is 7.38. The van der Waals surface area contributed by atoms with Gasteiger partial charge in [0.25, 0.3) is 5.91 Å². The highest BCUT2D eigenvalue weighted by Crippen LogP contribution is 2.42. The molecule has 0 aliphatic carbocycles. The molecule has 2 amide bonds. The molecule has 1 N–H and O–H groups in total. The second kappa shape index (κ2) is 10.6. The molecule has 7 heteroatoms. The van der Waals surface area contributed by atoms with Gasteiger partial charge in [-0.05, 0) is 29.8 Å². The highest BCUT2D eigenvalue weighted by atomic mass is 35.5. The molecule has 1 aliphatic heterocycles. The molecule has 4 rings (SSSR count). The smallest absolute Gasteiger partial charge is 0.253 e. The molecule has 0 aromatic heterocycles. The second-order valence-electron chi connectivity index (χ2n) is 8.22. The predicted molar refractivity (Wildman–Crippen MR) is 131 cm³/mol. The summed E-state index contributed by atoms with van der Waals surface area (Å²) in [5, 5.41) is 3.54. The van der Waals surface area contributed by atoms with E-state index >= 15 is 0 Å². The molecule has 2 atom stereocenters. The zero-order chi connectivity index (χ0) is 24.1. The minimum atomic E-state index is -0.451. The van der Waals surface area contributed by atoms with E-state index in [-0.39, 0.29) is 24.3 Å². The lowest BCUT2D eigenvalue weighted by molar-refractivity contribution is -0.125. The Morgan fingerprint density at radius 3 is 2.44 bits per heavy atom. The lowest BCUT2D eigenvalue weighted by Crippen LogP contribution is -2.35. The van der Waals surface area contributed by atoms with Crippen molar-refractivity contribution in [3.05, 3.63) is 94.5 Å². The molecule has 1 fully saturated rings. The molecule has 1 saturated heterocycles. The number of hydrogen-bond acceptors (Lipinski definition) is 4. The summed E-state index contributed by atoms with van der Waals surface area (Å²) < 4.78 is 11.1. The number of benzene rings is 3. The largest absolute Gasteiger partial charge is 0.493 e. The highest BCUT2D eigenvalue weighted by molar-refractivity contribution is 6.30. The van der Waals surface area contributed by atoms with E-state index in [9.17, 15) is 9.59 Å². The van der Waals surface area contributed by atoms with Gasteiger partial charge in [-0.3, -0.25) is 9.59 Å². The molecule has 176 valence electrons. The summed E-state index contributed by atoms with van der Waals surface area (Å²) in [6.45, 7) is 1.08. The van der Waals surface area contributed by atoms with Gasteiger partial charge >= 0.3 is 0 Å². The van der Waals surface area contributed by atoms with Crippen molar-refractivity contribution in [2.24, 2.45) is 5.92 Å². The van der Waals surface area contributed by atoms with Crippen LogP contribution in [0.25, 0.3) is 0 Å². The van der Waals surface area contributed by atoms with Crippen molar-refractivity contribution in [2.75, 3.05) is 27.3 Å². The van der Waals surface area contributed by atoms with Crippen LogP contribution in [0.15, 0.2) is 72.8 Å². The summed E-state index contributed by atoms with van der Waals surface area (Å²) in [5.74, 6) is 0.181. The number of nitrogens with zero attached hydrogens (tertiary/aromatic N) is 1. The maximum Gasteiger partial charge on any atom is 0.253 e. The van der Waals surface area contributed by atoms with E-state index in [0.717, 1.165) is 11.1 Å². The van der Waals surface area contributed by atoms with E-state index in [1.807, 2.05) is 48.5 Å². The van der Waals surface area contributed by atoms with Gasteiger partial charge in [0.15, 0.2) is 11.5 Å². The van der Waals surface area contributed by atoms with Gasteiger partial charge in [0.1, 0.15) is 0 Å². The Balaban J connectivity index is 1.63. The molecular weight excluding hydrogens is 452 g/mol. The number of hydrogen-bond donors (Lipinski definition) is 1. The number of carbonyl (C=O) groups excluding carboxylic acids is 2. The first-order valence-electron chi connectivity index (χ1n) is 11.1. The van der Waals surface area contributed by atoms with Crippen LogP contribution in [0, 0.1) is 5.92 Å². The first-order valence-corrected chi connectivity index (χ1v) is 11.5. The fourth-order valence-electron chi connectivity index (χ4n) is 4.47. The van der Waals surface area contributed by atoms with Crippen molar-refractivity contribution in [3.63, 3.8) is 0 Å². The summed E-state index contributed by atoms with van der Waals surface area (Å²) in [6.07, 6.45) is 0. The van der Waals surface area contributed by atoms with Crippen LogP contribution < -0.4 is 14.8 Å². The minimum Gasteiger partial charge on any atom is -0.493 e. The Labute approximate surface area is 204 Å². The first kappa shape index (κ1) is 23.6. The van der Waals surface area contributed by atoms with Gasteiger partial charge < -0.3 is 19.7 Å². The van der Waals surface area contributed by atoms with Crippen molar-refractivity contribution < 1.29 is 19.1 Å². The third kappa shape index (κ3) is 5.02. The number of nitrogens with one attached hydrogen (secondary N) is 1. The van der Waals surface area contributed by atoms with Crippen LogP contribution in [0.1, 0.15) is 27.4 Å². The monoisotopic (exact) mass is 478 g/mol. The molecule has 0 radical (unpaired) electrons. The van der Waals surface area contributed by atoms with E-state index in [2.05, 4.69) is 5.32 Å². The molecule has 0 spiro atoms. The zero-order valence-corrected chi connectivity index (χ0v) is 19.9. The number of methoxy groups -OCH3 is 2. The van der Waals surface area contributed by atoms with E-state index in [1.54, 1.807) is 43.4 Å². The van der Waals surface area contributed by atoms with Gasteiger partial charge in [-0.1, -0.05) is 60.1 Å². The average molecular weight is 479 g/mol. The summed E-state index contributed by atoms with van der Waals surface area (Å²) in [7, 11) is 3.16. The van der Waals surface area contributed by atoms with E-state index in [0.29, 0.717) is 35.2 Å². The zero-order valence-electron chi connectivity index (χ0n) is 19.2. The topological polar surface area (TPSA) is 67.9 Å². The summed E-state index contributed by atoms with van der Waals surface area (Å²) in [5.41, 5.74) is 2.34. The number of likely N-dealkylation sites (tertiary alicyclic amines) is 1. The van der Waals surface area contributed by atoms with Crippen LogP contribution >= 0.6 is 11.6 Å². The number of amides is 2. The lowest BCUT2D eigenvalue weighted by atomic mass is 9.87. The molecule has 3 aromatic rings. The normalized spacial score (nSPS) is 17.3. The second-order valence-corrected chi connectivity index (χ2v) is 8.66. The van der Waals surface area contributed by atoms with Crippen molar-refractivity contribution in [1.29, 1.82) is 0 Å². The molecule has 34 heavy (non-hydrogen) atoms. The molecule has 1 aliphatic rings. The number of ether oxygens (including phenoxy) is 2. The molecule has 0 saturated carbocycles. The Morgan fingerprint density at radius 2 is 1.74 bits per heavy atom. The molecule has 6 nitrogen and oxygen atoms in total. The van der Waals surface area contributed by atoms with Crippen molar-refractivity contribution in [2.45, 2.75) is 12.5 Å². The van der Waals surface area contributed by atoms with Gasteiger partial charge in [0, 0.05) is 41.7 Å². The van der Waals surface area contributed by atoms with E-state index < -0.39 is 5.92 Å². The van der Waals surface area contributed by atoms with Crippen LogP contribution in [0.3, 0.4) is 0 Å².